The van der Waals surface area contributed by atoms with E-state index in [0.29, 0.717) is 23.1 Å². The fourth-order valence-electron chi connectivity index (χ4n) is 2.96. The summed E-state index contributed by atoms with van der Waals surface area (Å²) < 4.78 is 0. The van der Waals surface area contributed by atoms with Crippen molar-refractivity contribution >= 4 is 23.2 Å². The third-order valence-corrected chi connectivity index (χ3v) is 4.39. The zero-order valence-electron chi connectivity index (χ0n) is 14.3. The van der Waals surface area contributed by atoms with E-state index in [-0.39, 0.29) is 17.4 Å². The highest BCUT2D eigenvalue weighted by Crippen LogP contribution is 2.20. The average molecular weight is 338 g/mol. The maximum Gasteiger partial charge on any atom is 0.275 e. The van der Waals surface area contributed by atoms with Crippen LogP contribution in [0.1, 0.15) is 59.9 Å². The highest BCUT2D eigenvalue weighted by atomic mass is 16.2. The maximum atomic E-state index is 12.2. The summed E-state index contributed by atoms with van der Waals surface area (Å²) in [6, 6.07) is 7.20. The molecule has 6 heteroatoms. The van der Waals surface area contributed by atoms with Crippen molar-refractivity contribution in [3.63, 3.8) is 0 Å². The van der Waals surface area contributed by atoms with E-state index < -0.39 is 0 Å². The Labute approximate surface area is 147 Å². The van der Waals surface area contributed by atoms with E-state index in [1.807, 2.05) is 0 Å². The van der Waals surface area contributed by atoms with Crippen LogP contribution in [0.5, 0.6) is 0 Å². The molecule has 0 saturated heterocycles. The molecule has 0 bridgehead atoms. The zero-order chi connectivity index (χ0) is 17.6. The van der Waals surface area contributed by atoms with Crippen LogP contribution in [0.3, 0.4) is 0 Å². The molecule has 1 aliphatic rings. The maximum absolute atomic E-state index is 12.2. The Hall–Kier alpha value is -2.76. The summed E-state index contributed by atoms with van der Waals surface area (Å²) in [6.07, 6.45) is 9.17. The monoisotopic (exact) mass is 338 g/mol. The number of nitrogens with one attached hydrogen (secondary N) is 2. The molecule has 1 fully saturated rings. The van der Waals surface area contributed by atoms with E-state index in [4.69, 9.17) is 0 Å². The molecule has 1 amide bonds. The molecule has 2 N–H and O–H groups in total. The van der Waals surface area contributed by atoms with Crippen molar-refractivity contribution < 1.29 is 9.59 Å². The van der Waals surface area contributed by atoms with Gasteiger partial charge >= 0.3 is 0 Å². The van der Waals surface area contributed by atoms with Gasteiger partial charge in [-0.15, -0.1) is 0 Å². The van der Waals surface area contributed by atoms with Gasteiger partial charge in [-0.25, -0.2) is 9.97 Å². The largest absolute Gasteiger partial charge is 0.366 e. The lowest BCUT2D eigenvalue weighted by atomic mass is 9.96. The van der Waals surface area contributed by atoms with Gasteiger partial charge < -0.3 is 10.6 Å². The van der Waals surface area contributed by atoms with Crippen LogP contribution in [0.2, 0.25) is 0 Å². The first kappa shape index (κ1) is 17.1. The quantitative estimate of drug-likeness (QED) is 0.813. The van der Waals surface area contributed by atoms with Gasteiger partial charge in [-0.05, 0) is 44.0 Å². The molecule has 0 aliphatic heterocycles. The van der Waals surface area contributed by atoms with Crippen molar-refractivity contribution in [3.05, 3.63) is 47.9 Å². The van der Waals surface area contributed by atoms with E-state index in [0.717, 1.165) is 12.8 Å². The Morgan fingerprint density at radius 1 is 1.00 bits per heavy atom. The minimum Gasteiger partial charge on any atom is -0.366 e. The molecule has 3 rings (SSSR count). The fraction of sp³-hybridized carbons (Fsp3) is 0.368. The number of carbonyl (C=O) groups is 2. The van der Waals surface area contributed by atoms with Gasteiger partial charge in [0, 0.05) is 17.3 Å². The SMILES string of the molecule is CC(=O)c1ccc(NC(=O)c2cnc(NC3CCCCC3)cn2)cc1. The Bertz CT molecular complexity index is 735. The fourth-order valence-corrected chi connectivity index (χ4v) is 2.96. The van der Waals surface area contributed by atoms with Crippen LogP contribution in [0.25, 0.3) is 0 Å². The number of hydrogen-bond donors (Lipinski definition) is 2. The lowest BCUT2D eigenvalue weighted by Gasteiger charge is -2.23. The van der Waals surface area contributed by atoms with Gasteiger partial charge in [-0.1, -0.05) is 19.3 Å². The number of ketones is 1. The van der Waals surface area contributed by atoms with Gasteiger partial charge in [-0.3, -0.25) is 9.59 Å². The lowest BCUT2D eigenvalue weighted by Crippen LogP contribution is -2.23. The molecule has 130 valence electrons. The number of rotatable bonds is 5. The molecule has 0 atom stereocenters. The Morgan fingerprint density at radius 3 is 2.32 bits per heavy atom. The summed E-state index contributed by atoms with van der Waals surface area (Å²) in [5, 5.41) is 6.13. The van der Waals surface area contributed by atoms with Crippen molar-refractivity contribution in [2.75, 3.05) is 10.6 Å². The van der Waals surface area contributed by atoms with Crippen molar-refractivity contribution in [3.8, 4) is 0 Å². The van der Waals surface area contributed by atoms with Gasteiger partial charge in [0.15, 0.2) is 5.78 Å². The Kier molecular flexibility index (Phi) is 5.38. The van der Waals surface area contributed by atoms with Gasteiger partial charge in [-0.2, -0.15) is 0 Å². The van der Waals surface area contributed by atoms with E-state index in [9.17, 15) is 9.59 Å². The molecule has 1 saturated carbocycles. The number of amides is 1. The van der Waals surface area contributed by atoms with E-state index in [2.05, 4.69) is 20.6 Å². The van der Waals surface area contributed by atoms with Gasteiger partial charge in [0.25, 0.3) is 5.91 Å². The minimum atomic E-state index is -0.327. The molecule has 6 nitrogen and oxygen atoms in total. The molecule has 0 radical (unpaired) electrons. The van der Waals surface area contributed by atoms with Crippen molar-refractivity contribution in [1.82, 2.24) is 9.97 Å². The predicted molar refractivity (Wildman–Crippen MR) is 96.9 cm³/mol. The topological polar surface area (TPSA) is 84.0 Å². The Morgan fingerprint density at radius 2 is 1.72 bits per heavy atom. The van der Waals surface area contributed by atoms with Crippen LogP contribution < -0.4 is 10.6 Å². The summed E-state index contributed by atoms with van der Waals surface area (Å²) in [5.74, 6) is 0.367. The first-order valence-electron chi connectivity index (χ1n) is 8.63. The summed E-state index contributed by atoms with van der Waals surface area (Å²) in [6.45, 7) is 1.51. The van der Waals surface area contributed by atoms with Crippen LogP contribution in [0.4, 0.5) is 11.5 Å². The van der Waals surface area contributed by atoms with Gasteiger partial charge in [0.1, 0.15) is 11.5 Å². The molecule has 0 unspecified atom stereocenters. The predicted octanol–water partition coefficient (Wildman–Crippen LogP) is 3.68. The molecule has 1 aromatic heterocycles. The van der Waals surface area contributed by atoms with Crippen molar-refractivity contribution in [2.24, 2.45) is 0 Å². The third kappa shape index (κ3) is 4.62. The van der Waals surface area contributed by atoms with E-state index in [1.165, 1.54) is 32.4 Å². The molecule has 0 spiro atoms. The number of carbonyl (C=O) groups excluding carboxylic acids is 2. The molecule has 1 heterocycles. The summed E-state index contributed by atoms with van der Waals surface area (Å²) in [4.78, 5) is 32.0. The highest BCUT2D eigenvalue weighted by Gasteiger charge is 2.14. The molecule has 1 aromatic carbocycles. The number of Topliss-reactive ketones (excluding diaryl/α,β-unsaturated/α-hetero) is 1. The number of aromatic nitrogens is 2. The molecule has 1 aliphatic carbocycles. The lowest BCUT2D eigenvalue weighted by molar-refractivity contribution is 0.101. The van der Waals surface area contributed by atoms with Crippen LogP contribution in [0.15, 0.2) is 36.7 Å². The van der Waals surface area contributed by atoms with Crippen LogP contribution in [-0.4, -0.2) is 27.7 Å². The van der Waals surface area contributed by atoms with Gasteiger partial charge in [0.2, 0.25) is 0 Å². The summed E-state index contributed by atoms with van der Waals surface area (Å²) in [7, 11) is 0. The molecule has 2 aromatic rings. The number of benzene rings is 1. The number of anilines is 2. The van der Waals surface area contributed by atoms with E-state index >= 15 is 0 Å². The first-order valence-corrected chi connectivity index (χ1v) is 8.63. The molecular weight excluding hydrogens is 316 g/mol. The van der Waals surface area contributed by atoms with E-state index in [1.54, 1.807) is 30.5 Å². The number of nitrogens with zero attached hydrogens (tertiary/aromatic N) is 2. The van der Waals surface area contributed by atoms with Crippen LogP contribution >= 0.6 is 0 Å². The summed E-state index contributed by atoms with van der Waals surface area (Å²) in [5.41, 5.74) is 1.47. The summed E-state index contributed by atoms with van der Waals surface area (Å²) >= 11 is 0. The van der Waals surface area contributed by atoms with Gasteiger partial charge in [0.05, 0.1) is 12.4 Å². The van der Waals surface area contributed by atoms with Crippen LogP contribution in [-0.2, 0) is 0 Å². The highest BCUT2D eigenvalue weighted by molar-refractivity contribution is 6.03. The van der Waals surface area contributed by atoms with Crippen molar-refractivity contribution in [1.29, 1.82) is 0 Å². The van der Waals surface area contributed by atoms with Crippen molar-refractivity contribution in [2.45, 2.75) is 45.1 Å². The number of hydrogen-bond acceptors (Lipinski definition) is 5. The standard InChI is InChI=1S/C19H22N4O2/c1-13(24)14-7-9-16(10-8-14)23-19(25)17-11-21-18(12-20-17)22-15-5-3-2-4-6-15/h7-12,15H,2-6H2,1H3,(H,21,22)(H,23,25). The Balaban J connectivity index is 1.59. The normalized spacial score (nSPS) is 14.8. The molecule has 25 heavy (non-hydrogen) atoms. The first-order chi connectivity index (χ1) is 12.1. The second kappa shape index (κ2) is 7.88. The average Bonchev–Trinajstić information content (AvgIpc) is 2.63. The minimum absolute atomic E-state index is 0.00945. The zero-order valence-corrected chi connectivity index (χ0v) is 14.3. The smallest absolute Gasteiger partial charge is 0.275 e. The third-order valence-electron chi connectivity index (χ3n) is 4.39. The molecular formula is C19H22N4O2. The second-order valence-electron chi connectivity index (χ2n) is 6.35. The second-order valence-corrected chi connectivity index (χ2v) is 6.35. The van der Waals surface area contributed by atoms with Crippen LogP contribution in [0, 0.1) is 0 Å².